The summed E-state index contributed by atoms with van der Waals surface area (Å²) in [6.45, 7) is 1.60. The molecule has 1 amide bonds. The Labute approximate surface area is 173 Å². The van der Waals surface area contributed by atoms with Gasteiger partial charge in [0.25, 0.3) is 5.91 Å². The second-order valence-corrected chi connectivity index (χ2v) is 8.02. The molecule has 3 aromatic rings. The molecule has 28 heavy (non-hydrogen) atoms. The number of hydrogen-bond acceptors (Lipinski definition) is 3. The summed E-state index contributed by atoms with van der Waals surface area (Å²) in [5, 5.41) is 5.84. The SMILES string of the molecule is O=C(COc1ccc2ccccc2c1)N1CCC(Nc2cccc(Br)c2)CC1. The third kappa shape index (κ3) is 4.65. The van der Waals surface area contributed by atoms with Crippen LogP contribution in [0.4, 0.5) is 5.69 Å². The van der Waals surface area contributed by atoms with Crippen molar-refractivity contribution in [2.45, 2.75) is 18.9 Å². The van der Waals surface area contributed by atoms with Gasteiger partial charge in [-0.05, 0) is 53.9 Å². The van der Waals surface area contributed by atoms with Gasteiger partial charge in [0.1, 0.15) is 5.75 Å². The van der Waals surface area contributed by atoms with E-state index in [4.69, 9.17) is 4.74 Å². The minimum absolute atomic E-state index is 0.0501. The van der Waals surface area contributed by atoms with Crippen molar-refractivity contribution in [3.8, 4) is 5.75 Å². The largest absolute Gasteiger partial charge is 0.484 e. The molecule has 0 aliphatic carbocycles. The molecule has 3 aromatic carbocycles. The first-order chi connectivity index (χ1) is 13.7. The highest BCUT2D eigenvalue weighted by Crippen LogP contribution is 2.22. The van der Waals surface area contributed by atoms with E-state index in [-0.39, 0.29) is 12.5 Å². The Hall–Kier alpha value is -2.53. The van der Waals surface area contributed by atoms with E-state index in [2.05, 4.69) is 39.4 Å². The summed E-state index contributed by atoms with van der Waals surface area (Å²) in [4.78, 5) is 14.4. The van der Waals surface area contributed by atoms with E-state index in [1.165, 1.54) is 5.39 Å². The maximum absolute atomic E-state index is 12.5. The Balaban J connectivity index is 1.26. The second kappa shape index (κ2) is 8.65. The number of rotatable bonds is 5. The maximum Gasteiger partial charge on any atom is 0.260 e. The number of halogens is 1. The molecule has 1 fully saturated rings. The third-order valence-corrected chi connectivity index (χ3v) is 5.62. The molecular weight excluding hydrogens is 416 g/mol. The van der Waals surface area contributed by atoms with Crippen LogP contribution in [0, 0.1) is 0 Å². The van der Waals surface area contributed by atoms with Gasteiger partial charge in [-0.3, -0.25) is 4.79 Å². The number of amides is 1. The molecule has 0 aromatic heterocycles. The molecule has 0 spiro atoms. The van der Waals surface area contributed by atoms with Gasteiger partial charge in [0.05, 0.1) is 0 Å². The Bertz CT molecular complexity index is 967. The highest BCUT2D eigenvalue weighted by Gasteiger charge is 2.23. The van der Waals surface area contributed by atoms with Crippen molar-refractivity contribution in [3.05, 3.63) is 71.2 Å². The van der Waals surface area contributed by atoms with E-state index < -0.39 is 0 Å². The molecule has 1 aliphatic rings. The number of carbonyl (C=O) groups is 1. The summed E-state index contributed by atoms with van der Waals surface area (Å²) < 4.78 is 6.82. The van der Waals surface area contributed by atoms with Crippen LogP contribution in [0.1, 0.15) is 12.8 Å². The quantitative estimate of drug-likeness (QED) is 0.603. The predicted molar refractivity (Wildman–Crippen MR) is 117 cm³/mol. The van der Waals surface area contributed by atoms with Crippen LogP contribution in [0.3, 0.4) is 0 Å². The van der Waals surface area contributed by atoms with Crippen LogP contribution in [0.15, 0.2) is 71.2 Å². The number of carbonyl (C=O) groups excluding carboxylic acids is 1. The van der Waals surface area contributed by atoms with Crippen molar-refractivity contribution in [1.29, 1.82) is 0 Å². The number of likely N-dealkylation sites (tertiary alicyclic amines) is 1. The minimum atomic E-state index is 0.0501. The monoisotopic (exact) mass is 438 g/mol. The highest BCUT2D eigenvalue weighted by molar-refractivity contribution is 9.10. The zero-order valence-electron chi connectivity index (χ0n) is 15.6. The van der Waals surface area contributed by atoms with E-state index in [1.807, 2.05) is 53.4 Å². The van der Waals surface area contributed by atoms with E-state index in [9.17, 15) is 4.79 Å². The first-order valence-corrected chi connectivity index (χ1v) is 10.4. The molecule has 0 unspecified atom stereocenters. The summed E-state index contributed by atoms with van der Waals surface area (Å²) in [6, 6.07) is 22.6. The molecule has 1 saturated heterocycles. The molecule has 144 valence electrons. The topological polar surface area (TPSA) is 41.6 Å². The summed E-state index contributed by atoms with van der Waals surface area (Å²) in [7, 11) is 0. The van der Waals surface area contributed by atoms with E-state index in [0.29, 0.717) is 6.04 Å². The number of piperidine rings is 1. The van der Waals surface area contributed by atoms with Crippen molar-refractivity contribution in [2.24, 2.45) is 0 Å². The van der Waals surface area contributed by atoms with Crippen LogP contribution < -0.4 is 10.1 Å². The van der Waals surface area contributed by atoms with Gasteiger partial charge in [-0.25, -0.2) is 0 Å². The van der Waals surface area contributed by atoms with Gasteiger partial charge in [0.15, 0.2) is 6.61 Å². The van der Waals surface area contributed by atoms with Gasteiger partial charge in [-0.15, -0.1) is 0 Å². The summed E-state index contributed by atoms with van der Waals surface area (Å²) in [6.07, 6.45) is 1.88. The molecule has 0 atom stereocenters. The number of fused-ring (bicyclic) bond motifs is 1. The number of anilines is 1. The fourth-order valence-corrected chi connectivity index (χ4v) is 3.98. The molecule has 4 rings (SSSR count). The molecule has 1 aliphatic heterocycles. The zero-order chi connectivity index (χ0) is 19.3. The summed E-state index contributed by atoms with van der Waals surface area (Å²) >= 11 is 3.50. The highest BCUT2D eigenvalue weighted by atomic mass is 79.9. The number of ether oxygens (including phenoxy) is 1. The van der Waals surface area contributed by atoms with Crippen molar-refractivity contribution in [1.82, 2.24) is 4.90 Å². The number of nitrogens with zero attached hydrogens (tertiary/aromatic N) is 1. The van der Waals surface area contributed by atoms with Crippen LogP contribution in [0.5, 0.6) is 5.75 Å². The van der Waals surface area contributed by atoms with Crippen LogP contribution in [-0.4, -0.2) is 36.5 Å². The average Bonchev–Trinajstić information content (AvgIpc) is 2.72. The molecule has 0 radical (unpaired) electrons. The van der Waals surface area contributed by atoms with E-state index >= 15 is 0 Å². The van der Waals surface area contributed by atoms with Crippen LogP contribution >= 0.6 is 15.9 Å². The van der Waals surface area contributed by atoms with Crippen LogP contribution in [0.2, 0.25) is 0 Å². The lowest BCUT2D eigenvalue weighted by Gasteiger charge is -2.33. The predicted octanol–water partition coefficient (Wildman–Crippen LogP) is 5.08. The van der Waals surface area contributed by atoms with Crippen molar-refractivity contribution < 1.29 is 9.53 Å². The lowest BCUT2D eigenvalue weighted by Crippen LogP contribution is -2.44. The zero-order valence-corrected chi connectivity index (χ0v) is 17.2. The van der Waals surface area contributed by atoms with Crippen LogP contribution in [-0.2, 0) is 4.79 Å². The molecule has 4 nitrogen and oxygen atoms in total. The number of hydrogen-bond donors (Lipinski definition) is 1. The smallest absolute Gasteiger partial charge is 0.260 e. The van der Waals surface area contributed by atoms with Crippen molar-refractivity contribution >= 4 is 38.3 Å². The maximum atomic E-state index is 12.5. The van der Waals surface area contributed by atoms with Crippen molar-refractivity contribution in [3.63, 3.8) is 0 Å². The third-order valence-electron chi connectivity index (χ3n) is 5.13. The first kappa shape index (κ1) is 18.8. The second-order valence-electron chi connectivity index (χ2n) is 7.11. The average molecular weight is 439 g/mol. The lowest BCUT2D eigenvalue weighted by atomic mass is 10.0. The fourth-order valence-electron chi connectivity index (χ4n) is 3.58. The Morgan fingerprint density at radius 3 is 2.57 bits per heavy atom. The Morgan fingerprint density at radius 2 is 1.79 bits per heavy atom. The fraction of sp³-hybridized carbons (Fsp3) is 0.261. The molecule has 0 saturated carbocycles. The lowest BCUT2D eigenvalue weighted by molar-refractivity contribution is -0.134. The molecule has 1 heterocycles. The van der Waals surface area contributed by atoms with Gasteiger partial charge in [0, 0.05) is 29.3 Å². The molecular formula is C23H23BrN2O2. The first-order valence-electron chi connectivity index (χ1n) is 9.59. The minimum Gasteiger partial charge on any atom is -0.484 e. The summed E-state index contributed by atoms with van der Waals surface area (Å²) in [5.41, 5.74) is 1.11. The molecule has 0 bridgehead atoms. The van der Waals surface area contributed by atoms with Gasteiger partial charge >= 0.3 is 0 Å². The number of nitrogens with one attached hydrogen (secondary N) is 1. The van der Waals surface area contributed by atoms with E-state index in [1.54, 1.807) is 0 Å². The van der Waals surface area contributed by atoms with Gasteiger partial charge in [0.2, 0.25) is 0 Å². The number of benzene rings is 3. The standard InChI is InChI=1S/C23H23BrN2O2/c24-19-6-3-7-21(15-19)25-20-10-12-26(13-11-20)23(27)16-28-22-9-8-17-4-1-2-5-18(17)14-22/h1-9,14-15,20,25H,10-13,16H2. The van der Waals surface area contributed by atoms with Crippen molar-refractivity contribution in [2.75, 3.05) is 25.0 Å². The van der Waals surface area contributed by atoms with Gasteiger partial charge in [-0.2, -0.15) is 0 Å². The normalized spacial score (nSPS) is 14.8. The molecule has 1 N–H and O–H groups in total. The molecule has 5 heteroatoms. The van der Waals surface area contributed by atoms with Gasteiger partial charge < -0.3 is 15.0 Å². The van der Waals surface area contributed by atoms with Crippen LogP contribution in [0.25, 0.3) is 10.8 Å². The van der Waals surface area contributed by atoms with Gasteiger partial charge in [-0.1, -0.05) is 52.3 Å². The Morgan fingerprint density at radius 1 is 1.00 bits per heavy atom. The Kier molecular flexibility index (Phi) is 5.81. The van der Waals surface area contributed by atoms with E-state index in [0.717, 1.165) is 47.2 Å². The summed E-state index contributed by atoms with van der Waals surface area (Å²) in [5.74, 6) is 0.785.